The van der Waals surface area contributed by atoms with Crippen LogP contribution in [0.1, 0.15) is 34.2 Å². The molecule has 3 aromatic carbocycles. The molecule has 6 heteroatoms. The Bertz CT molecular complexity index is 1340. The maximum absolute atomic E-state index is 13.3. The molecule has 2 heterocycles. The molecule has 2 aliphatic heterocycles. The van der Waals surface area contributed by atoms with Crippen molar-refractivity contribution in [2.24, 2.45) is 0 Å². The van der Waals surface area contributed by atoms with Crippen LogP contribution in [0.2, 0.25) is 0 Å². The van der Waals surface area contributed by atoms with Gasteiger partial charge < -0.3 is 4.90 Å². The first-order valence-electron chi connectivity index (χ1n) is 11.8. The van der Waals surface area contributed by atoms with Crippen molar-refractivity contribution < 1.29 is 14.4 Å². The lowest BCUT2D eigenvalue weighted by atomic mass is 9.97. The minimum atomic E-state index is -0.732. The van der Waals surface area contributed by atoms with E-state index >= 15 is 0 Å². The first-order valence-corrected chi connectivity index (χ1v) is 11.8. The summed E-state index contributed by atoms with van der Waals surface area (Å²) in [5, 5.41) is 2.31. The van der Waals surface area contributed by atoms with Gasteiger partial charge in [0.1, 0.15) is 5.57 Å². The normalized spacial score (nSPS) is 17.0. The number of carbonyl (C=O) groups is 3. The molecule has 0 unspecified atom stereocenters. The van der Waals surface area contributed by atoms with Gasteiger partial charge in [-0.2, -0.15) is 0 Å². The number of hydrogen-bond acceptors (Lipinski definition) is 4. The number of amides is 4. The number of carbonyl (C=O) groups excluding carboxylic acids is 3. The van der Waals surface area contributed by atoms with Gasteiger partial charge in [0.2, 0.25) is 0 Å². The highest BCUT2D eigenvalue weighted by Crippen LogP contribution is 2.31. The maximum atomic E-state index is 13.3. The summed E-state index contributed by atoms with van der Waals surface area (Å²) in [5.74, 6) is -1.30. The van der Waals surface area contributed by atoms with Crippen LogP contribution < -0.4 is 15.1 Å². The number of nitrogens with one attached hydrogen (secondary N) is 1. The highest BCUT2D eigenvalue weighted by Gasteiger charge is 2.37. The van der Waals surface area contributed by atoms with Crippen LogP contribution >= 0.6 is 0 Å². The zero-order valence-electron chi connectivity index (χ0n) is 19.9. The molecule has 3 aromatic rings. The van der Waals surface area contributed by atoms with Crippen LogP contribution in [0.3, 0.4) is 0 Å². The minimum Gasteiger partial charge on any atom is -0.367 e. The van der Waals surface area contributed by atoms with Gasteiger partial charge in [0.15, 0.2) is 0 Å². The standard InChI is InChI=1S/C29H27N3O3/c1-19-13-20(2)15-24(14-19)32-28(34)25(27(33)30-29(32)35)17-22-10-11-26-23(16-22)9-6-12-31(26)18-21-7-4-3-5-8-21/h3-5,7-8,10-11,13-17H,6,9,12,18H2,1-2H3,(H,30,33,35)/b25-17+. The molecule has 4 amide bonds. The van der Waals surface area contributed by atoms with Crippen LogP contribution in [0.5, 0.6) is 0 Å². The van der Waals surface area contributed by atoms with Gasteiger partial charge in [-0.05, 0) is 84.8 Å². The molecule has 1 saturated heterocycles. The van der Waals surface area contributed by atoms with Crippen LogP contribution in [0.25, 0.3) is 6.08 Å². The number of hydrogen-bond donors (Lipinski definition) is 1. The highest BCUT2D eigenvalue weighted by molar-refractivity contribution is 6.39. The van der Waals surface area contributed by atoms with Crippen molar-refractivity contribution in [2.75, 3.05) is 16.3 Å². The molecule has 5 rings (SSSR count). The smallest absolute Gasteiger partial charge is 0.335 e. The van der Waals surface area contributed by atoms with Crippen molar-refractivity contribution in [3.05, 3.63) is 100 Å². The Hall–Kier alpha value is -4.19. The second kappa shape index (κ2) is 9.22. The Balaban J connectivity index is 1.45. The van der Waals surface area contributed by atoms with E-state index in [0.29, 0.717) is 5.69 Å². The molecule has 2 aliphatic rings. The van der Waals surface area contributed by atoms with Crippen LogP contribution in [0, 0.1) is 13.8 Å². The van der Waals surface area contributed by atoms with Gasteiger partial charge in [0, 0.05) is 18.8 Å². The van der Waals surface area contributed by atoms with Gasteiger partial charge in [-0.1, -0.05) is 42.5 Å². The molecule has 176 valence electrons. The number of fused-ring (bicyclic) bond motifs is 1. The average molecular weight is 466 g/mol. The van der Waals surface area contributed by atoms with Crippen molar-refractivity contribution >= 4 is 35.3 Å². The van der Waals surface area contributed by atoms with Gasteiger partial charge in [0.05, 0.1) is 5.69 Å². The first-order chi connectivity index (χ1) is 16.9. The molecule has 0 saturated carbocycles. The third-order valence-electron chi connectivity index (χ3n) is 6.41. The van der Waals surface area contributed by atoms with E-state index in [2.05, 4.69) is 28.4 Å². The summed E-state index contributed by atoms with van der Waals surface area (Å²) in [6, 6.07) is 21.2. The van der Waals surface area contributed by atoms with Crippen LogP contribution in [0.15, 0.2) is 72.3 Å². The number of imide groups is 2. The predicted molar refractivity (Wildman–Crippen MR) is 137 cm³/mol. The van der Waals surface area contributed by atoms with E-state index in [0.717, 1.165) is 47.5 Å². The summed E-state index contributed by atoms with van der Waals surface area (Å²) in [4.78, 5) is 41.9. The molecular formula is C29H27N3O3. The topological polar surface area (TPSA) is 69.7 Å². The van der Waals surface area contributed by atoms with E-state index in [1.807, 2.05) is 50.2 Å². The largest absolute Gasteiger partial charge is 0.367 e. The van der Waals surface area contributed by atoms with E-state index in [1.165, 1.54) is 16.8 Å². The number of benzene rings is 3. The molecule has 1 fully saturated rings. The Labute approximate surface area is 204 Å². The first kappa shape index (κ1) is 22.6. The van der Waals surface area contributed by atoms with Crippen molar-refractivity contribution in [1.29, 1.82) is 0 Å². The number of urea groups is 1. The second-order valence-corrected chi connectivity index (χ2v) is 9.20. The molecule has 0 spiro atoms. The van der Waals surface area contributed by atoms with Gasteiger partial charge in [-0.25, -0.2) is 9.69 Å². The van der Waals surface area contributed by atoms with Gasteiger partial charge in [-0.15, -0.1) is 0 Å². The van der Waals surface area contributed by atoms with Crippen molar-refractivity contribution in [2.45, 2.75) is 33.2 Å². The van der Waals surface area contributed by atoms with Crippen molar-refractivity contribution in [3.63, 3.8) is 0 Å². The Morgan fingerprint density at radius 2 is 1.66 bits per heavy atom. The summed E-state index contributed by atoms with van der Waals surface area (Å²) in [6.07, 6.45) is 3.55. The molecule has 0 atom stereocenters. The van der Waals surface area contributed by atoms with Gasteiger partial charge in [0.25, 0.3) is 11.8 Å². The zero-order chi connectivity index (χ0) is 24.5. The fourth-order valence-corrected chi connectivity index (χ4v) is 4.89. The lowest BCUT2D eigenvalue weighted by Gasteiger charge is -2.32. The lowest BCUT2D eigenvalue weighted by molar-refractivity contribution is -0.122. The molecular weight excluding hydrogens is 438 g/mol. The molecule has 0 radical (unpaired) electrons. The molecule has 6 nitrogen and oxygen atoms in total. The molecule has 1 N–H and O–H groups in total. The highest BCUT2D eigenvalue weighted by atomic mass is 16.2. The van der Waals surface area contributed by atoms with Gasteiger partial charge in [-0.3, -0.25) is 14.9 Å². The monoisotopic (exact) mass is 465 g/mol. The van der Waals surface area contributed by atoms with E-state index in [4.69, 9.17) is 0 Å². The number of nitrogens with zero attached hydrogens (tertiary/aromatic N) is 2. The minimum absolute atomic E-state index is 0.0549. The van der Waals surface area contributed by atoms with E-state index in [-0.39, 0.29) is 5.57 Å². The Kier molecular flexibility index (Phi) is 5.95. The summed E-state index contributed by atoms with van der Waals surface area (Å²) >= 11 is 0. The molecule has 0 aromatic heterocycles. The Morgan fingerprint density at radius 1 is 0.914 bits per heavy atom. The summed E-state index contributed by atoms with van der Waals surface area (Å²) in [5.41, 5.74) is 6.63. The summed E-state index contributed by atoms with van der Waals surface area (Å²) in [6.45, 7) is 5.62. The predicted octanol–water partition coefficient (Wildman–Crippen LogP) is 4.92. The number of barbiturate groups is 1. The molecule has 0 bridgehead atoms. The fourth-order valence-electron chi connectivity index (χ4n) is 4.89. The Morgan fingerprint density at radius 3 is 2.40 bits per heavy atom. The second-order valence-electron chi connectivity index (χ2n) is 9.20. The van der Waals surface area contributed by atoms with E-state index < -0.39 is 17.8 Å². The van der Waals surface area contributed by atoms with Crippen molar-refractivity contribution in [3.8, 4) is 0 Å². The van der Waals surface area contributed by atoms with Crippen LogP contribution in [0.4, 0.5) is 16.2 Å². The summed E-state index contributed by atoms with van der Waals surface area (Å²) in [7, 11) is 0. The van der Waals surface area contributed by atoms with Crippen LogP contribution in [-0.4, -0.2) is 24.4 Å². The number of anilines is 2. The van der Waals surface area contributed by atoms with E-state index in [1.54, 1.807) is 18.2 Å². The maximum Gasteiger partial charge on any atom is 0.335 e. The lowest BCUT2D eigenvalue weighted by Crippen LogP contribution is -2.54. The molecule has 0 aliphatic carbocycles. The zero-order valence-corrected chi connectivity index (χ0v) is 19.9. The SMILES string of the molecule is Cc1cc(C)cc(N2C(=O)NC(=O)/C(=C\c3ccc4c(c3)CCCN4Cc3ccccc3)C2=O)c1. The third kappa shape index (κ3) is 4.60. The number of aryl methyl sites for hydroxylation is 3. The van der Waals surface area contributed by atoms with E-state index in [9.17, 15) is 14.4 Å². The van der Waals surface area contributed by atoms with Crippen LogP contribution in [-0.2, 0) is 22.6 Å². The van der Waals surface area contributed by atoms with Crippen molar-refractivity contribution in [1.82, 2.24) is 5.32 Å². The molecule has 35 heavy (non-hydrogen) atoms. The average Bonchev–Trinajstić information content (AvgIpc) is 2.82. The summed E-state index contributed by atoms with van der Waals surface area (Å²) < 4.78 is 0. The third-order valence-corrected chi connectivity index (χ3v) is 6.41. The fraction of sp³-hybridized carbons (Fsp3) is 0.207. The quantitative estimate of drug-likeness (QED) is 0.439. The van der Waals surface area contributed by atoms with Gasteiger partial charge >= 0.3 is 6.03 Å². The number of rotatable bonds is 4.